The van der Waals surface area contributed by atoms with Crippen LogP contribution in [0.25, 0.3) is 0 Å². The maximum atomic E-state index is 15.3. The normalized spacial score (nSPS) is 12.0. The molecular weight excluding hydrogens is 342 g/mol. The van der Waals surface area contributed by atoms with Gasteiger partial charge in [0, 0.05) is 17.7 Å². The minimum absolute atomic E-state index is 0.117. The summed E-state index contributed by atoms with van der Waals surface area (Å²) in [5.41, 5.74) is -1.33. The minimum Gasteiger partial charge on any atom is -0.361 e. The number of benzene rings is 1. The molecule has 0 radical (unpaired) electrons. The highest BCUT2D eigenvalue weighted by Gasteiger charge is 2.40. The van der Waals surface area contributed by atoms with Gasteiger partial charge < -0.3 is 9.72 Å². The van der Waals surface area contributed by atoms with Crippen molar-refractivity contribution in [1.82, 2.24) is 9.55 Å². The number of nitrogens with zero attached hydrogens (tertiary/aromatic N) is 1. The monoisotopic (exact) mass is 366 g/mol. The number of hydrogen-bond acceptors (Lipinski definition) is 3. The van der Waals surface area contributed by atoms with Crippen molar-refractivity contribution in [1.29, 1.82) is 0 Å². The van der Waals surface area contributed by atoms with Crippen LogP contribution in [-0.4, -0.2) is 16.2 Å². The van der Waals surface area contributed by atoms with Crippen molar-refractivity contribution in [3.05, 3.63) is 67.0 Å². The number of rotatable bonds is 6. The molecule has 0 aliphatic heterocycles. The molecule has 7 heteroatoms. The smallest absolute Gasteiger partial charge is 0.330 e. The Kier molecular flexibility index (Phi) is 5.81. The number of H-pyrrole nitrogens is 1. The Hall–Kier alpha value is -2.28. The van der Waals surface area contributed by atoms with E-state index < -0.39 is 28.8 Å². The molecule has 26 heavy (non-hydrogen) atoms. The Balaban J connectivity index is 2.75. The van der Waals surface area contributed by atoms with E-state index >= 15 is 8.78 Å². The summed E-state index contributed by atoms with van der Waals surface area (Å²) >= 11 is 0. The molecule has 1 heterocycles. The van der Waals surface area contributed by atoms with Gasteiger partial charge in [-0.1, -0.05) is 31.0 Å². The van der Waals surface area contributed by atoms with Gasteiger partial charge in [0.2, 0.25) is 0 Å². The Bertz CT molecular complexity index is 894. The number of alkyl halides is 2. The van der Waals surface area contributed by atoms with Crippen LogP contribution in [0.2, 0.25) is 0 Å². The second-order valence-electron chi connectivity index (χ2n) is 6.68. The summed E-state index contributed by atoms with van der Waals surface area (Å²) in [4.78, 5) is 27.2. The first-order valence-electron chi connectivity index (χ1n) is 8.51. The maximum absolute atomic E-state index is 15.3. The molecule has 1 N–H and O–H groups in total. The summed E-state index contributed by atoms with van der Waals surface area (Å²) in [5, 5.41) is 0. The lowest BCUT2D eigenvalue weighted by Gasteiger charge is -2.23. The van der Waals surface area contributed by atoms with Crippen molar-refractivity contribution < 1.29 is 13.5 Å². The first-order valence-corrected chi connectivity index (χ1v) is 8.51. The third-order valence-corrected chi connectivity index (χ3v) is 4.12. The van der Waals surface area contributed by atoms with Crippen LogP contribution in [0.15, 0.2) is 27.8 Å². The molecule has 0 spiro atoms. The maximum Gasteiger partial charge on any atom is 0.330 e. The molecule has 2 rings (SSSR count). The Morgan fingerprint density at radius 3 is 2.23 bits per heavy atom. The zero-order chi connectivity index (χ0) is 19.6. The number of aromatic nitrogens is 2. The van der Waals surface area contributed by atoms with Crippen LogP contribution in [0.5, 0.6) is 0 Å². The molecule has 0 unspecified atom stereocenters. The van der Waals surface area contributed by atoms with E-state index in [-0.39, 0.29) is 17.9 Å². The van der Waals surface area contributed by atoms with Gasteiger partial charge in [-0.3, -0.25) is 4.79 Å². The average Bonchev–Trinajstić information content (AvgIpc) is 2.52. The quantitative estimate of drug-likeness (QED) is 0.852. The molecule has 5 nitrogen and oxygen atoms in total. The highest BCUT2D eigenvalue weighted by Crippen LogP contribution is 2.37. The second-order valence-corrected chi connectivity index (χ2v) is 6.68. The Labute approximate surface area is 150 Å². The highest BCUT2D eigenvalue weighted by molar-refractivity contribution is 5.38. The van der Waals surface area contributed by atoms with Gasteiger partial charge in [0.05, 0.1) is 0 Å². The molecule has 0 bridgehead atoms. The van der Waals surface area contributed by atoms with Crippen molar-refractivity contribution in [2.24, 2.45) is 0 Å². The van der Waals surface area contributed by atoms with Gasteiger partial charge in [-0.05, 0) is 38.8 Å². The Morgan fingerprint density at radius 1 is 1.15 bits per heavy atom. The first-order chi connectivity index (χ1) is 12.1. The fourth-order valence-corrected chi connectivity index (χ4v) is 2.97. The van der Waals surface area contributed by atoms with Gasteiger partial charge in [-0.25, -0.2) is 9.36 Å². The average molecular weight is 366 g/mol. The number of ether oxygens (including phenoxy) is 1. The topological polar surface area (TPSA) is 64.1 Å². The van der Waals surface area contributed by atoms with E-state index in [9.17, 15) is 9.59 Å². The third-order valence-electron chi connectivity index (χ3n) is 4.12. The summed E-state index contributed by atoms with van der Waals surface area (Å²) in [6.45, 7) is 8.45. The predicted octanol–water partition coefficient (Wildman–Crippen LogP) is 3.41. The molecule has 1 aromatic heterocycles. The minimum atomic E-state index is -3.50. The Morgan fingerprint density at radius 2 is 1.73 bits per heavy atom. The molecule has 1 aromatic carbocycles. The number of hydrogen-bond donors (Lipinski definition) is 1. The zero-order valence-corrected chi connectivity index (χ0v) is 15.7. The lowest BCUT2D eigenvalue weighted by atomic mass is 9.94. The predicted molar refractivity (Wildman–Crippen MR) is 95.9 cm³/mol. The zero-order valence-electron chi connectivity index (χ0n) is 15.7. The van der Waals surface area contributed by atoms with Gasteiger partial charge >= 0.3 is 11.6 Å². The number of nitrogens with one attached hydrogen (secondary N) is 1. The van der Waals surface area contributed by atoms with E-state index in [0.29, 0.717) is 17.7 Å². The first kappa shape index (κ1) is 20.0. The molecule has 142 valence electrons. The second kappa shape index (κ2) is 7.53. The summed E-state index contributed by atoms with van der Waals surface area (Å²) in [6.07, 6.45) is 0. The molecule has 0 amide bonds. The molecule has 0 saturated heterocycles. The standard InChI is InChI=1S/C19H24F2N2O3/c1-6-26-10-23-17(24)15(11(2)3)16(22-18(23)25)19(20,21)14-8-12(4)7-13(5)9-14/h7-9,11H,6,10H2,1-5H3,(H,22,25). The summed E-state index contributed by atoms with van der Waals surface area (Å²) in [5.74, 6) is -4.00. The lowest BCUT2D eigenvalue weighted by molar-refractivity contribution is 0.0342. The molecular formula is C19H24F2N2O3. The van der Waals surface area contributed by atoms with Gasteiger partial charge in [0.25, 0.3) is 5.56 Å². The van der Waals surface area contributed by atoms with Crippen LogP contribution >= 0.6 is 0 Å². The van der Waals surface area contributed by atoms with Crippen LogP contribution < -0.4 is 11.2 Å². The van der Waals surface area contributed by atoms with Gasteiger partial charge in [0.1, 0.15) is 12.4 Å². The summed E-state index contributed by atoms with van der Waals surface area (Å²) in [7, 11) is 0. The van der Waals surface area contributed by atoms with Crippen LogP contribution in [0.3, 0.4) is 0 Å². The third kappa shape index (κ3) is 3.77. The van der Waals surface area contributed by atoms with Crippen LogP contribution in [0.1, 0.15) is 54.6 Å². The van der Waals surface area contributed by atoms with Crippen LogP contribution in [0.4, 0.5) is 8.78 Å². The van der Waals surface area contributed by atoms with Crippen molar-refractivity contribution in [2.45, 2.75) is 53.2 Å². The number of halogens is 2. The molecule has 2 aromatic rings. The lowest BCUT2D eigenvalue weighted by Crippen LogP contribution is -2.42. The van der Waals surface area contributed by atoms with Crippen LogP contribution in [-0.2, 0) is 17.4 Å². The van der Waals surface area contributed by atoms with E-state index in [1.165, 1.54) is 12.1 Å². The highest BCUT2D eigenvalue weighted by atomic mass is 19.3. The van der Waals surface area contributed by atoms with E-state index in [1.807, 2.05) is 0 Å². The molecule has 0 atom stereocenters. The van der Waals surface area contributed by atoms with E-state index in [1.54, 1.807) is 40.7 Å². The molecule has 0 fully saturated rings. The summed E-state index contributed by atoms with van der Waals surface area (Å²) in [6, 6.07) is 4.51. The van der Waals surface area contributed by atoms with E-state index in [2.05, 4.69) is 4.98 Å². The van der Waals surface area contributed by atoms with E-state index in [0.717, 1.165) is 4.57 Å². The molecule has 0 aliphatic carbocycles. The van der Waals surface area contributed by atoms with Crippen molar-refractivity contribution in [2.75, 3.05) is 6.61 Å². The largest absolute Gasteiger partial charge is 0.361 e. The van der Waals surface area contributed by atoms with Gasteiger partial charge in [-0.15, -0.1) is 0 Å². The molecule has 0 saturated carbocycles. The number of aromatic amines is 1. The van der Waals surface area contributed by atoms with E-state index in [4.69, 9.17) is 4.74 Å². The number of aryl methyl sites for hydroxylation is 2. The van der Waals surface area contributed by atoms with Crippen molar-refractivity contribution in [3.63, 3.8) is 0 Å². The van der Waals surface area contributed by atoms with Gasteiger partial charge in [-0.2, -0.15) is 8.78 Å². The molecule has 0 aliphatic rings. The van der Waals surface area contributed by atoms with Crippen molar-refractivity contribution in [3.8, 4) is 0 Å². The summed E-state index contributed by atoms with van der Waals surface area (Å²) < 4.78 is 36.4. The SMILES string of the molecule is CCOCn1c(=O)[nH]c(C(F)(F)c2cc(C)cc(C)c2)c(C(C)C)c1=O. The van der Waals surface area contributed by atoms with Crippen molar-refractivity contribution >= 4 is 0 Å². The fourth-order valence-electron chi connectivity index (χ4n) is 2.97. The van der Waals surface area contributed by atoms with Crippen LogP contribution in [0, 0.1) is 13.8 Å². The van der Waals surface area contributed by atoms with Gasteiger partial charge in [0.15, 0.2) is 0 Å². The fraction of sp³-hybridized carbons (Fsp3) is 0.474.